The number of nitrogens with one attached hydrogen (secondary N) is 1. The number of hydrazone groups is 1. The highest BCUT2D eigenvalue weighted by molar-refractivity contribution is 5.78. The van der Waals surface area contributed by atoms with Gasteiger partial charge in [0, 0.05) is 25.5 Å². The fraction of sp³-hybridized carbons (Fsp3) is 0.889. The molecule has 70 valence electrons. The van der Waals surface area contributed by atoms with E-state index in [0.717, 1.165) is 31.4 Å². The summed E-state index contributed by atoms with van der Waals surface area (Å²) in [4.78, 5) is 0. The van der Waals surface area contributed by atoms with E-state index in [0.29, 0.717) is 0 Å². The maximum Gasteiger partial charge on any atom is 0.0469 e. The van der Waals surface area contributed by atoms with Crippen LogP contribution in [-0.4, -0.2) is 25.5 Å². The zero-order chi connectivity index (χ0) is 8.81. The molecule has 0 aliphatic carbocycles. The summed E-state index contributed by atoms with van der Waals surface area (Å²) in [6.45, 7) is 6.82. The average Bonchev–Trinajstić information content (AvgIpc) is 2.05. The van der Waals surface area contributed by atoms with Crippen molar-refractivity contribution in [1.29, 1.82) is 0 Å². The SMILES string of the molecule is CC(C)=NNCC1CCOCC1. The highest BCUT2D eigenvalue weighted by Crippen LogP contribution is 2.12. The first-order chi connectivity index (χ1) is 5.79. The molecule has 12 heavy (non-hydrogen) atoms. The molecular weight excluding hydrogens is 152 g/mol. The van der Waals surface area contributed by atoms with Crippen LogP contribution in [0.15, 0.2) is 5.10 Å². The van der Waals surface area contributed by atoms with Crippen LogP contribution >= 0.6 is 0 Å². The van der Waals surface area contributed by atoms with Gasteiger partial charge in [-0.15, -0.1) is 0 Å². The van der Waals surface area contributed by atoms with Gasteiger partial charge >= 0.3 is 0 Å². The molecule has 0 radical (unpaired) electrons. The van der Waals surface area contributed by atoms with E-state index < -0.39 is 0 Å². The highest BCUT2D eigenvalue weighted by Gasteiger charge is 2.12. The van der Waals surface area contributed by atoms with Crippen molar-refractivity contribution in [1.82, 2.24) is 5.43 Å². The van der Waals surface area contributed by atoms with Crippen LogP contribution in [0.1, 0.15) is 26.7 Å². The van der Waals surface area contributed by atoms with Gasteiger partial charge in [-0.2, -0.15) is 5.10 Å². The van der Waals surface area contributed by atoms with Crippen molar-refractivity contribution in [2.45, 2.75) is 26.7 Å². The van der Waals surface area contributed by atoms with Crippen LogP contribution in [0.25, 0.3) is 0 Å². The van der Waals surface area contributed by atoms with Gasteiger partial charge in [0.25, 0.3) is 0 Å². The number of hydrogen-bond acceptors (Lipinski definition) is 3. The summed E-state index contributed by atoms with van der Waals surface area (Å²) in [6.07, 6.45) is 2.34. The van der Waals surface area contributed by atoms with Crippen molar-refractivity contribution in [2.75, 3.05) is 19.8 Å². The zero-order valence-electron chi connectivity index (χ0n) is 7.97. The second-order valence-electron chi connectivity index (χ2n) is 3.48. The topological polar surface area (TPSA) is 33.6 Å². The molecule has 0 amide bonds. The maximum absolute atomic E-state index is 5.26. The Morgan fingerprint density at radius 2 is 2.08 bits per heavy atom. The summed E-state index contributed by atoms with van der Waals surface area (Å²) in [5.74, 6) is 0.752. The molecule has 0 saturated carbocycles. The summed E-state index contributed by atoms with van der Waals surface area (Å²) in [5, 5.41) is 4.14. The quantitative estimate of drug-likeness (QED) is 0.513. The van der Waals surface area contributed by atoms with Gasteiger partial charge in [0.2, 0.25) is 0 Å². The number of ether oxygens (including phenoxy) is 1. The largest absolute Gasteiger partial charge is 0.381 e. The van der Waals surface area contributed by atoms with Crippen molar-refractivity contribution in [2.24, 2.45) is 11.0 Å². The molecular formula is C9H18N2O. The van der Waals surface area contributed by atoms with Crippen LogP contribution in [0.2, 0.25) is 0 Å². The molecule has 1 N–H and O–H groups in total. The second kappa shape index (κ2) is 5.14. The molecule has 1 rings (SSSR count). The van der Waals surface area contributed by atoms with Crippen molar-refractivity contribution < 1.29 is 4.74 Å². The van der Waals surface area contributed by atoms with E-state index >= 15 is 0 Å². The lowest BCUT2D eigenvalue weighted by Crippen LogP contribution is -2.25. The molecule has 1 saturated heterocycles. The van der Waals surface area contributed by atoms with Gasteiger partial charge in [-0.1, -0.05) is 0 Å². The molecule has 0 unspecified atom stereocenters. The molecule has 1 aliphatic heterocycles. The summed E-state index contributed by atoms with van der Waals surface area (Å²) < 4.78 is 5.26. The number of hydrogen-bond donors (Lipinski definition) is 1. The summed E-state index contributed by atoms with van der Waals surface area (Å²) in [6, 6.07) is 0. The molecule has 3 nitrogen and oxygen atoms in total. The fourth-order valence-electron chi connectivity index (χ4n) is 1.28. The van der Waals surface area contributed by atoms with Gasteiger partial charge in [-0.25, -0.2) is 0 Å². The molecule has 0 aromatic rings. The minimum Gasteiger partial charge on any atom is -0.381 e. The minimum atomic E-state index is 0.752. The molecule has 0 aromatic carbocycles. The minimum absolute atomic E-state index is 0.752. The van der Waals surface area contributed by atoms with Crippen molar-refractivity contribution in [3.8, 4) is 0 Å². The zero-order valence-corrected chi connectivity index (χ0v) is 7.97. The monoisotopic (exact) mass is 170 g/mol. The predicted octanol–water partition coefficient (Wildman–Crippen LogP) is 1.40. The first-order valence-electron chi connectivity index (χ1n) is 4.60. The van der Waals surface area contributed by atoms with E-state index in [1.807, 2.05) is 13.8 Å². The van der Waals surface area contributed by atoms with E-state index in [-0.39, 0.29) is 0 Å². The van der Waals surface area contributed by atoms with E-state index in [4.69, 9.17) is 4.74 Å². The van der Waals surface area contributed by atoms with E-state index in [2.05, 4.69) is 10.5 Å². The van der Waals surface area contributed by atoms with Crippen LogP contribution in [-0.2, 0) is 4.74 Å². The van der Waals surface area contributed by atoms with Crippen molar-refractivity contribution >= 4 is 5.71 Å². The first kappa shape index (κ1) is 9.52. The second-order valence-corrected chi connectivity index (χ2v) is 3.48. The lowest BCUT2D eigenvalue weighted by molar-refractivity contribution is 0.0664. The normalized spacial score (nSPS) is 18.8. The van der Waals surface area contributed by atoms with Gasteiger partial charge < -0.3 is 10.2 Å². The molecule has 0 bridgehead atoms. The molecule has 0 atom stereocenters. The Morgan fingerprint density at radius 1 is 1.42 bits per heavy atom. The fourth-order valence-corrected chi connectivity index (χ4v) is 1.28. The van der Waals surface area contributed by atoms with Crippen molar-refractivity contribution in [3.63, 3.8) is 0 Å². The van der Waals surface area contributed by atoms with Crippen LogP contribution in [0.3, 0.4) is 0 Å². The number of nitrogens with zero attached hydrogens (tertiary/aromatic N) is 1. The third kappa shape index (κ3) is 3.72. The van der Waals surface area contributed by atoms with E-state index in [1.165, 1.54) is 12.8 Å². The predicted molar refractivity (Wildman–Crippen MR) is 50.3 cm³/mol. The molecule has 3 heteroatoms. The Labute approximate surface area is 74.2 Å². The van der Waals surface area contributed by atoms with Crippen molar-refractivity contribution in [3.05, 3.63) is 0 Å². The van der Waals surface area contributed by atoms with E-state index in [1.54, 1.807) is 0 Å². The molecule has 0 aromatic heterocycles. The average molecular weight is 170 g/mol. The van der Waals surface area contributed by atoms with Gasteiger partial charge in [0.05, 0.1) is 0 Å². The van der Waals surface area contributed by atoms with Crippen LogP contribution in [0.5, 0.6) is 0 Å². The standard InChI is InChI=1S/C9H18N2O/c1-8(2)11-10-7-9-3-5-12-6-4-9/h9-10H,3-7H2,1-2H3. The summed E-state index contributed by atoms with van der Waals surface area (Å²) in [7, 11) is 0. The first-order valence-corrected chi connectivity index (χ1v) is 4.60. The highest BCUT2D eigenvalue weighted by atomic mass is 16.5. The van der Waals surface area contributed by atoms with Crippen LogP contribution in [0, 0.1) is 5.92 Å². The molecule has 1 heterocycles. The maximum atomic E-state index is 5.26. The van der Waals surface area contributed by atoms with Gasteiger partial charge in [-0.05, 0) is 32.6 Å². The van der Waals surface area contributed by atoms with Gasteiger partial charge in [0.15, 0.2) is 0 Å². The van der Waals surface area contributed by atoms with Gasteiger partial charge in [0.1, 0.15) is 0 Å². The lowest BCUT2D eigenvalue weighted by atomic mass is 10.0. The van der Waals surface area contributed by atoms with Crippen LogP contribution in [0.4, 0.5) is 0 Å². The van der Waals surface area contributed by atoms with Crippen LogP contribution < -0.4 is 5.43 Å². The Balaban J connectivity index is 2.09. The molecule has 1 fully saturated rings. The third-order valence-electron chi connectivity index (χ3n) is 2.02. The Hall–Kier alpha value is -0.570. The molecule has 0 spiro atoms. The summed E-state index contributed by atoms with van der Waals surface area (Å²) in [5.41, 5.74) is 4.17. The van der Waals surface area contributed by atoms with E-state index in [9.17, 15) is 0 Å². The Kier molecular flexibility index (Phi) is 4.08. The number of rotatable bonds is 3. The Morgan fingerprint density at radius 3 is 2.67 bits per heavy atom. The lowest BCUT2D eigenvalue weighted by Gasteiger charge is -2.21. The van der Waals surface area contributed by atoms with Gasteiger partial charge in [-0.3, -0.25) is 0 Å². The Bertz CT molecular complexity index is 147. The molecule has 1 aliphatic rings. The summed E-state index contributed by atoms with van der Waals surface area (Å²) >= 11 is 0. The smallest absolute Gasteiger partial charge is 0.0469 e. The third-order valence-corrected chi connectivity index (χ3v) is 2.02.